The average molecular weight is 422 g/mol. The molecule has 3 N–H and O–H groups in total. The van der Waals surface area contributed by atoms with Crippen LogP contribution in [0.3, 0.4) is 0 Å². The molecular formula is C23H23N3O3S. The molecule has 0 unspecified atom stereocenters. The zero-order chi connectivity index (χ0) is 21.5. The van der Waals surface area contributed by atoms with Gasteiger partial charge in [0, 0.05) is 0 Å². The van der Waals surface area contributed by atoms with Crippen molar-refractivity contribution >= 4 is 39.9 Å². The molecule has 0 spiro atoms. The standard InChI is InChI=1S/C23H23N3O3S/c1-15-7-5-8-16(2)22(15)29-14-21(28)25-26-23(30)24-20(27)13-18-11-6-10-17-9-3-4-12-19(17)18/h3-12H,13-14H2,1-2H3,(H,25,28)(H2,24,26,27,30). The van der Waals surface area contributed by atoms with Crippen molar-refractivity contribution in [2.45, 2.75) is 20.3 Å². The number of carbonyl (C=O) groups is 2. The molecule has 3 aromatic rings. The number of hydrogen-bond donors (Lipinski definition) is 3. The highest BCUT2D eigenvalue weighted by atomic mass is 32.1. The first-order valence-electron chi connectivity index (χ1n) is 9.48. The van der Waals surface area contributed by atoms with E-state index in [1.54, 1.807) is 0 Å². The first kappa shape index (κ1) is 21.3. The number of nitrogens with one attached hydrogen (secondary N) is 3. The van der Waals surface area contributed by atoms with Crippen molar-refractivity contribution in [3.05, 3.63) is 77.4 Å². The van der Waals surface area contributed by atoms with E-state index < -0.39 is 5.91 Å². The van der Waals surface area contributed by atoms with E-state index in [9.17, 15) is 9.59 Å². The SMILES string of the molecule is Cc1cccc(C)c1OCC(=O)NNC(=S)NC(=O)Cc1cccc2ccccc12. The molecule has 6 nitrogen and oxygen atoms in total. The van der Waals surface area contributed by atoms with Gasteiger partial charge in [-0.1, -0.05) is 60.7 Å². The molecule has 154 valence electrons. The summed E-state index contributed by atoms with van der Waals surface area (Å²) in [5, 5.41) is 4.67. The lowest BCUT2D eigenvalue weighted by atomic mass is 10.0. The average Bonchev–Trinajstić information content (AvgIpc) is 2.72. The molecule has 0 fully saturated rings. The Morgan fingerprint density at radius 2 is 1.53 bits per heavy atom. The predicted octanol–water partition coefficient (Wildman–Crippen LogP) is 3.10. The van der Waals surface area contributed by atoms with Crippen LogP contribution in [0.1, 0.15) is 16.7 Å². The maximum Gasteiger partial charge on any atom is 0.276 e. The van der Waals surface area contributed by atoms with E-state index in [1.807, 2.05) is 74.5 Å². The van der Waals surface area contributed by atoms with Gasteiger partial charge in [-0.25, -0.2) is 0 Å². The summed E-state index contributed by atoms with van der Waals surface area (Å²) in [7, 11) is 0. The van der Waals surface area contributed by atoms with Crippen molar-refractivity contribution in [2.24, 2.45) is 0 Å². The molecule has 30 heavy (non-hydrogen) atoms. The van der Waals surface area contributed by atoms with Gasteiger partial charge in [0.1, 0.15) is 5.75 Å². The molecule has 0 aliphatic rings. The number of benzene rings is 3. The summed E-state index contributed by atoms with van der Waals surface area (Å²) in [6.07, 6.45) is 0.173. The van der Waals surface area contributed by atoms with Gasteiger partial charge >= 0.3 is 0 Å². The van der Waals surface area contributed by atoms with E-state index >= 15 is 0 Å². The molecule has 0 saturated carbocycles. The third-order valence-electron chi connectivity index (χ3n) is 4.56. The number of hydrogen-bond acceptors (Lipinski definition) is 4. The van der Waals surface area contributed by atoms with E-state index in [0.29, 0.717) is 5.75 Å². The minimum atomic E-state index is -0.414. The van der Waals surface area contributed by atoms with Crippen LogP contribution in [0.25, 0.3) is 10.8 Å². The molecule has 2 amide bonds. The van der Waals surface area contributed by atoms with Crippen molar-refractivity contribution in [1.29, 1.82) is 0 Å². The Morgan fingerprint density at radius 1 is 0.867 bits per heavy atom. The summed E-state index contributed by atoms with van der Waals surface area (Å²) in [6.45, 7) is 3.66. The number of rotatable bonds is 5. The summed E-state index contributed by atoms with van der Waals surface area (Å²) < 4.78 is 5.58. The summed E-state index contributed by atoms with van der Waals surface area (Å²) in [5.41, 5.74) is 7.75. The smallest absolute Gasteiger partial charge is 0.276 e. The second-order valence-electron chi connectivity index (χ2n) is 6.88. The number of aryl methyl sites for hydroxylation is 2. The summed E-state index contributed by atoms with van der Waals surface area (Å²) >= 11 is 5.08. The number of hydrazine groups is 1. The van der Waals surface area contributed by atoms with Gasteiger partial charge in [-0.05, 0) is 53.5 Å². The molecule has 0 heterocycles. The molecule has 0 aliphatic carbocycles. The number of thiocarbonyl (C=S) groups is 1. The molecular weight excluding hydrogens is 398 g/mol. The fourth-order valence-electron chi connectivity index (χ4n) is 3.15. The van der Waals surface area contributed by atoms with Crippen LogP contribution in [0.2, 0.25) is 0 Å². The van der Waals surface area contributed by atoms with Crippen LogP contribution in [0.15, 0.2) is 60.7 Å². The Bertz CT molecular complexity index is 1070. The minimum absolute atomic E-state index is 0.0145. The van der Waals surface area contributed by atoms with Gasteiger partial charge in [-0.2, -0.15) is 0 Å². The predicted molar refractivity (Wildman–Crippen MR) is 121 cm³/mol. The van der Waals surface area contributed by atoms with Crippen LogP contribution in [0.5, 0.6) is 5.75 Å². The Labute approximate surface area is 180 Å². The van der Waals surface area contributed by atoms with Crippen molar-refractivity contribution in [3.63, 3.8) is 0 Å². The van der Waals surface area contributed by atoms with E-state index in [1.165, 1.54) is 0 Å². The molecule has 7 heteroatoms. The molecule has 0 aliphatic heterocycles. The highest BCUT2D eigenvalue weighted by Gasteiger charge is 2.10. The molecule has 3 rings (SSSR count). The van der Waals surface area contributed by atoms with E-state index in [0.717, 1.165) is 27.5 Å². The lowest BCUT2D eigenvalue weighted by Gasteiger charge is -2.13. The van der Waals surface area contributed by atoms with Gasteiger partial charge in [0.05, 0.1) is 6.42 Å². The van der Waals surface area contributed by atoms with Gasteiger partial charge in [0.15, 0.2) is 11.7 Å². The lowest BCUT2D eigenvalue weighted by Crippen LogP contribution is -2.50. The molecule has 3 aromatic carbocycles. The fraction of sp³-hybridized carbons (Fsp3) is 0.174. The van der Waals surface area contributed by atoms with Crippen molar-refractivity contribution in [3.8, 4) is 5.75 Å². The van der Waals surface area contributed by atoms with E-state index in [-0.39, 0.29) is 24.0 Å². The Balaban J connectivity index is 1.46. The third-order valence-corrected chi connectivity index (χ3v) is 4.76. The van der Waals surface area contributed by atoms with Gasteiger partial charge in [0.25, 0.3) is 5.91 Å². The largest absolute Gasteiger partial charge is 0.483 e. The number of carbonyl (C=O) groups excluding carboxylic acids is 2. The zero-order valence-electron chi connectivity index (χ0n) is 16.8. The lowest BCUT2D eigenvalue weighted by molar-refractivity contribution is -0.124. The first-order chi connectivity index (χ1) is 14.4. The van der Waals surface area contributed by atoms with Crippen LogP contribution in [0.4, 0.5) is 0 Å². The number of ether oxygens (including phenoxy) is 1. The second kappa shape index (κ2) is 9.84. The molecule has 0 aromatic heterocycles. The van der Waals surface area contributed by atoms with Crippen LogP contribution in [-0.2, 0) is 16.0 Å². The Kier molecular flexibility index (Phi) is 6.98. The fourth-order valence-corrected chi connectivity index (χ4v) is 3.31. The summed E-state index contributed by atoms with van der Waals surface area (Å²) in [6, 6.07) is 19.5. The molecule has 0 atom stereocenters. The third kappa shape index (κ3) is 5.55. The van der Waals surface area contributed by atoms with Crippen LogP contribution < -0.4 is 20.9 Å². The van der Waals surface area contributed by atoms with Gasteiger partial charge in [0.2, 0.25) is 5.91 Å². The van der Waals surface area contributed by atoms with E-state index in [2.05, 4.69) is 16.2 Å². The van der Waals surface area contributed by atoms with Gasteiger partial charge in [-0.15, -0.1) is 0 Å². The molecule has 0 saturated heterocycles. The zero-order valence-corrected chi connectivity index (χ0v) is 17.6. The Morgan fingerprint density at radius 3 is 2.30 bits per heavy atom. The maximum absolute atomic E-state index is 12.3. The minimum Gasteiger partial charge on any atom is -0.483 e. The van der Waals surface area contributed by atoms with Gasteiger partial charge < -0.3 is 10.1 Å². The monoisotopic (exact) mass is 421 g/mol. The normalized spacial score (nSPS) is 10.3. The quantitative estimate of drug-likeness (QED) is 0.436. The molecule has 0 bridgehead atoms. The van der Waals surface area contributed by atoms with Crippen LogP contribution >= 0.6 is 12.2 Å². The summed E-state index contributed by atoms with van der Waals surface area (Å²) in [4.78, 5) is 24.3. The van der Waals surface area contributed by atoms with E-state index in [4.69, 9.17) is 17.0 Å². The number of fused-ring (bicyclic) bond motifs is 1. The molecule has 0 radical (unpaired) electrons. The van der Waals surface area contributed by atoms with Crippen molar-refractivity contribution < 1.29 is 14.3 Å². The highest BCUT2D eigenvalue weighted by Crippen LogP contribution is 2.22. The van der Waals surface area contributed by atoms with Crippen LogP contribution in [0, 0.1) is 13.8 Å². The number of para-hydroxylation sites is 1. The Hall–Kier alpha value is -3.45. The van der Waals surface area contributed by atoms with Crippen LogP contribution in [-0.4, -0.2) is 23.5 Å². The van der Waals surface area contributed by atoms with Crippen molar-refractivity contribution in [1.82, 2.24) is 16.2 Å². The highest BCUT2D eigenvalue weighted by molar-refractivity contribution is 7.80. The maximum atomic E-state index is 12.3. The topological polar surface area (TPSA) is 79.5 Å². The van der Waals surface area contributed by atoms with Crippen molar-refractivity contribution in [2.75, 3.05) is 6.61 Å². The summed E-state index contributed by atoms with van der Waals surface area (Å²) in [5.74, 6) is -0.00758. The van der Waals surface area contributed by atoms with Gasteiger partial charge in [-0.3, -0.25) is 20.4 Å². The first-order valence-corrected chi connectivity index (χ1v) is 9.89. The second-order valence-corrected chi connectivity index (χ2v) is 7.28. The number of amides is 2.